The molecule has 0 atom stereocenters. The summed E-state index contributed by atoms with van der Waals surface area (Å²) in [4.78, 5) is 2.14. The van der Waals surface area contributed by atoms with Crippen LogP contribution in [0.25, 0.3) is 11.5 Å². The molecule has 1 aromatic heterocycles. The molecule has 0 saturated carbocycles. The van der Waals surface area contributed by atoms with Gasteiger partial charge in [0, 0.05) is 18.5 Å². The Hall–Kier alpha value is -2.90. The molecule has 7 nitrogen and oxygen atoms in total. The molecule has 0 saturated heterocycles. The molecular formula is C23H29N3O4. The first-order valence-corrected chi connectivity index (χ1v) is 10.2. The van der Waals surface area contributed by atoms with Crippen molar-refractivity contribution < 1.29 is 18.6 Å². The number of para-hydroxylation sites is 1. The predicted molar refractivity (Wildman–Crippen MR) is 115 cm³/mol. The summed E-state index contributed by atoms with van der Waals surface area (Å²) in [6, 6.07) is 17.4. The number of hydrogen-bond donors (Lipinski definition) is 0. The largest absolute Gasteiger partial charge is 0.494 e. The minimum Gasteiger partial charge on any atom is -0.494 e. The molecule has 0 spiro atoms. The third-order valence-corrected chi connectivity index (χ3v) is 4.29. The van der Waals surface area contributed by atoms with E-state index < -0.39 is 0 Å². The van der Waals surface area contributed by atoms with Crippen LogP contribution in [0.5, 0.6) is 11.5 Å². The molecule has 2 aromatic carbocycles. The molecule has 0 aliphatic heterocycles. The first-order valence-electron chi connectivity index (χ1n) is 10.2. The highest BCUT2D eigenvalue weighted by Gasteiger charge is 2.09. The lowest BCUT2D eigenvalue weighted by Crippen LogP contribution is -2.15. The maximum absolute atomic E-state index is 5.75. The van der Waals surface area contributed by atoms with Crippen LogP contribution in [0.15, 0.2) is 59.0 Å². The van der Waals surface area contributed by atoms with Crippen LogP contribution in [0.4, 0.5) is 0 Å². The molecule has 0 N–H and O–H groups in total. The van der Waals surface area contributed by atoms with Crippen LogP contribution in [-0.2, 0) is 11.2 Å². The van der Waals surface area contributed by atoms with Gasteiger partial charge in [0.2, 0.25) is 11.8 Å². The summed E-state index contributed by atoms with van der Waals surface area (Å²) < 4.78 is 22.6. The lowest BCUT2D eigenvalue weighted by atomic mass is 10.2. The van der Waals surface area contributed by atoms with Gasteiger partial charge in [0.1, 0.15) is 18.1 Å². The lowest BCUT2D eigenvalue weighted by molar-refractivity contribution is 0.0993. The van der Waals surface area contributed by atoms with Gasteiger partial charge in [0.05, 0.1) is 19.8 Å². The maximum atomic E-state index is 5.75. The van der Waals surface area contributed by atoms with Crippen molar-refractivity contribution in [1.29, 1.82) is 0 Å². The molecule has 0 aliphatic carbocycles. The number of ether oxygens (including phenoxy) is 3. The zero-order valence-corrected chi connectivity index (χ0v) is 17.6. The third-order valence-electron chi connectivity index (χ3n) is 4.29. The maximum Gasteiger partial charge on any atom is 0.247 e. The number of rotatable bonds is 13. The predicted octanol–water partition coefficient (Wildman–Crippen LogP) is 3.71. The summed E-state index contributed by atoms with van der Waals surface area (Å²) in [6.07, 6.45) is 1.55. The van der Waals surface area contributed by atoms with Crippen molar-refractivity contribution in [2.75, 3.05) is 47.1 Å². The van der Waals surface area contributed by atoms with Gasteiger partial charge in [-0.25, -0.2) is 0 Å². The smallest absolute Gasteiger partial charge is 0.247 e. The van der Waals surface area contributed by atoms with E-state index in [4.69, 9.17) is 18.6 Å². The fourth-order valence-corrected chi connectivity index (χ4v) is 2.73. The molecule has 1 heterocycles. The Bertz CT molecular complexity index is 850. The Labute approximate surface area is 177 Å². The molecule has 3 aromatic rings. The lowest BCUT2D eigenvalue weighted by Gasteiger charge is -2.10. The van der Waals surface area contributed by atoms with Gasteiger partial charge >= 0.3 is 0 Å². The normalized spacial score (nSPS) is 11.0. The fourth-order valence-electron chi connectivity index (χ4n) is 2.73. The van der Waals surface area contributed by atoms with Crippen molar-refractivity contribution in [2.45, 2.75) is 12.8 Å². The van der Waals surface area contributed by atoms with Crippen LogP contribution in [0.3, 0.4) is 0 Å². The molecule has 0 unspecified atom stereocenters. The number of aromatic nitrogens is 2. The van der Waals surface area contributed by atoms with Crippen LogP contribution in [0, 0.1) is 0 Å². The molecule has 7 heteroatoms. The van der Waals surface area contributed by atoms with Gasteiger partial charge in [-0.15, -0.1) is 10.2 Å². The van der Waals surface area contributed by atoms with Crippen LogP contribution in [0.1, 0.15) is 12.3 Å². The highest BCUT2D eigenvalue weighted by atomic mass is 16.5. The second-order valence-corrected chi connectivity index (χ2v) is 7.05. The van der Waals surface area contributed by atoms with Gasteiger partial charge in [-0.05, 0) is 56.9 Å². The molecule has 0 amide bonds. The molecule has 30 heavy (non-hydrogen) atoms. The second-order valence-electron chi connectivity index (χ2n) is 7.05. The molecule has 3 rings (SSSR count). The molecule has 160 valence electrons. The van der Waals surface area contributed by atoms with Crippen molar-refractivity contribution >= 4 is 0 Å². The van der Waals surface area contributed by atoms with Crippen LogP contribution >= 0.6 is 0 Å². The fraction of sp³-hybridized carbons (Fsp3) is 0.391. The monoisotopic (exact) mass is 411 g/mol. The van der Waals surface area contributed by atoms with E-state index >= 15 is 0 Å². The second kappa shape index (κ2) is 11.9. The molecule has 0 fully saturated rings. The molecular weight excluding hydrogens is 382 g/mol. The highest BCUT2D eigenvalue weighted by molar-refractivity contribution is 5.53. The van der Waals surface area contributed by atoms with Crippen LogP contribution in [-0.4, -0.2) is 62.2 Å². The minimum absolute atomic E-state index is 0.497. The SMILES string of the molecule is CN(C)CCCOc1ccc(-c2nnc(CCOCCOc3ccccc3)o2)cc1. The van der Waals surface area contributed by atoms with Gasteiger partial charge in [0.15, 0.2) is 0 Å². The summed E-state index contributed by atoms with van der Waals surface area (Å²) >= 11 is 0. The summed E-state index contributed by atoms with van der Waals surface area (Å²) in [6.45, 7) is 3.21. The Morgan fingerprint density at radius 1 is 0.800 bits per heavy atom. The number of hydrogen-bond acceptors (Lipinski definition) is 7. The molecule has 0 radical (unpaired) electrons. The van der Waals surface area contributed by atoms with E-state index in [1.165, 1.54) is 0 Å². The standard InChI is InChI=1S/C23H29N3O4/c1-26(2)14-6-15-28-21-11-9-19(10-12-21)23-25-24-22(30-23)13-16-27-17-18-29-20-7-4-3-5-8-20/h3-5,7-12H,6,13-18H2,1-2H3. The van der Waals surface area contributed by atoms with E-state index in [-0.39, 0.29) is 0 Å². The Morgan fingerprint density at radius 3 is 2.30 bits per heavy atom. The topological polar surface area (TPSA) is 69.9 Å². The van der Waals surface area contributed by atoms with Crippen LogP contribution < -0.4 is 9.47 Å². The van der Waals surface area contributed by atoms with E-state index in [1.807, 2.05) is 54.6 Å². The van der Waals surface area contributed by atoms with E-state index in [9.17, 15) is 0 Å². The van der Waals surface area contributed by atoms with Gasteiger partial charge < -0.3 is 23.5 Å². The Balaban J connectivity index is 1.35. The highest BCUT2D eigenvalue weighted by Crippen LogP contribution is 2.21. The zero-order chi connectivity index (χ0) is 21.0. The average Bonchev–Trinajstić information content (AvgIpc) is 3.24. The first kappa shape index (κ1) is 21.8. The van der Waals surface area contributed by atoms with E-state index in [0.29, 0.717) is 44.6 Å². The third kappa shape index (κ3) is 7.50. The van der Waals surface area contributed by atoms with Gasteiger partial charge in [0.25, 0.3) is 0 Å². The Kier molecular flexibility index (Phi) is 8.68. The van der Waals surface area contributed by atoms with Gasteiger partial charge in [-0.3, -0.25) is 0 Å². The van der Waals surface area contributed by atoms with Crippen molar-refractivity contribution in [3.63, 3.8) is 0 Å². The summed E-state index contributed by atoms with van der Waals surface area (Å²) in [5, 5.41) is 8.22. The van der Waals surface area contributed by atoms with Crippen molar-refractivity contribution in [3.8, 4) is 23.0 Å². The zero-order valence-electron chi connectivity index (χ0n) is 17.6. The van der Waals surface area contributed by atoms with Gasteiger partial charge in [-0.1, -0.05) is 18.2 Å². The quantitative estimate of drug-likeness (QED) is 0.397. The van der Waals surface area contributed by atoms with E-state index in [1.54, 1.807) is 0 Å². The molecule has 0 aliphatic rings. The van der Waals surface area contributed by atoms with Crippen molar-refractivity contribution in [2.24, 2.45) is 0 Å². The Morgan fingerprint density at radius 2 is 1.53 bits per heavy atom. The summed E-state index contributed by atoms with van der Waals surface area (Å²) in [7, 11) is 4.11. The molecule has 0 bridgehead atoms. The number of nitrogens with zero attached hydrogens (tertiary/aromatic N) is 3. The average molecular weight is 412 g/mol. The summed E-state index contributed by atoms with van der Waals surface area (Å²) in [5.41, 5.74) is 0.867. The van der Waals surface area contributed by atoms with Crippen molar-refractivity contribution in [1.82, 2.24) is 15.1 Å². The van der Waals surface area contributed by atoms with Gasteiger partial charge in [-0.2, -0.15) is 0 Å². The van der Waals surface area contributed by atoms with Crippen LogP contribution in [0.2, 0.25) is 0 Å². The van der Waals surface area contributed by atoms with E-state index in [2.05, 4.69) is 29.2 Å². The van der Waals surface area contributed by atoms with Crippen molar-refractivity contribution in [3.05, 3.63) is 60.5 Å². The van der Waals surface area contributed by atoms with E-state index in [0.717, 1.165) is 30.0 Å². The first-order chi connectivity index (χ1) is 14.7. The summed E-state index contributed by atoms with van der Waals surface area (Å²) in [5.74, 6) is 2.73. The minimum atomic E-state index is 0.497. The number of benzene rings is 2.